The van der Waals surface area contributed by atoms with E-state index in [1.54, 1.807) is 34.5 Å². The van der Waals surface area contributed by atoms with E-state index in [0.29, 0.717) is 22.4 Å². The number of anilines is 1. The van der Waals surface area contributed by atoms with Crippen LogP contribution in [0.2, 0.25) is 0 Å². The summed E-state index contributed by atoms with van der Waals surface area (Å²) in [5.74, 6) is 0.0846. The van der Waals surface area contributed by atoms with Gasteiger partial charge >= 0.3 is 0 Å². The number of nitrogens with one attached hydrogen (secondary N) is 1. The maximum absolute atomic E-state index is 13.2. The molecule has 154 valence electrons. The van der Waals surface area contributed by atoms with Gasteiger partial charge in [-0.1, -0.05) is 29.5 Å². The summed E-state index contributed by atoms with van der Waals surface area (Å²) in [6.45, 7) is 4.07. The second kappa shape index (κ2) is 7.77. The van der Waals surface area contributed by atoms with E-state index >= 15 is 0 Å². The second-order valence-corrected chi connectivity index (χ2v) is 8.24. The zero-order chi connectivity index (χ0) is 21.4. The first kappa shape index (κ1) is 19.1. The lowest BCUT2D eigenvalue weighted by Gasteiger charge is -2.09. The Morgan fingerprint density at radius 2 is 1.97 bits per heavy atom. The van der Waals surface area contributed by atoms with E-state index in [4.69, 9.17) is 4.98 Å². The molecule has 0 aliphatic heterocycles. The lowest BCUT2D eigenvalue weighted by atomic mass is 10.1. The molecule has 4 heterocycles. The van der Waals surface area contributed by atoms with Gasteiger partial charge in [-0.15, -0.1) is 16.4 Å². The van der Waals surface area contributed by atoms with Crippen LogP contribution in [0.4, 0.5) is 5.82 Å². The molecule has 0 aliphatic carbocycles. The molecule has 5 rings (SSSR count). The quantitative estimate of drug-likeness (QED) is 0.442. The monoisotopic (exact) mass is 429 g/mol. The minimum absolute atomic E-state index is 0.116. The number of hydrogen-bond donors (Lipinski definition) is 1. The number of fused-ring (bicyclic) bond motifs is 1. The van der Waals surface area contributed by atoms with Crippen LogP contribution in [0.1, 0.15) is 30.2 Å². The highest BCUT2D eigenvalue weighted by Gasteiger charge is 2.20. The third-order valence-electron chi connectivity index (χ3n) is 4.83. The first-order chi connectivity index (χ1) is 15.1. The normalized spacial score (nSPS) is 11.3. The molecule has 0 unspecified atom stereocenters. The molecule has 0 saturated carbocycles. The molecule has 0 radical (unpaired) electrons. The van der Waals surface area contributed by atoms with Crippen LogP contribution in [0.5, 0.6) is 0 Å². The average Bonchev–Trinajstić information content (AvgIpc) is 3.53. The molecule has 31 heavy (non-hydrogen) atoms. The SMILES string of the molecule is CC(C)n1ncc2c(C(=O)Nc3cn(-c4ccccc4)nn3)cc(-c3cccs3)nc21. The Hall–Kier alpha value is -3.85. The van der Waals surface area contributed by atoms with Crippen molar-refractivity contribution in [2.45, 2.75) is 19.9 Å². The van der Waals surface area contributed by atoms with Gasteiger partial charge in [0.1, 0.15) is 0 Å². The Labute approximate surface area is 182 Å². The Balaban J connectivity index is 1.53. The molecule has 0 aliphatic rings. The largest absolute Gasteiger partial charge is 0.304 e. The van der Waals surface area contributed by atoms with Crippen molar-refractivity contribution in [2.75, 3.05) is 5.32 Å². The molecular formula is C22H19N7OS. The summed E-state index contributed by atoms with van der Waals surface area (Å²) in [4.78, 5) is 19.0. The lowest BCUT2D eigenvalue weighted by Crippen LogP contribution is -2.13. The van der Waals surface area contributed by atoms with Gasteiger partial charge in [-0.2, -0.15) is 5.10 Å². The molecule has 4 aromatic heterocycles. The van der Waals surface area contributed by atoms with Crippen LogP contribution in [0.3, 0.4) is 0 Å². The molecular weight excluding hydrogens is 410 g/mol. The number of para-hydroxylation sites is 1. The van der Waals surface area contributed by atoms with Crippen molar-refractivity contribution in [3.63, 3.8) is 0 Å². The minimum Gasteiger partial charge on any atom is -0.304 e. The van der Waals surface area contributed by atoms with Crippen molar-refractivity contribution in [1.29, 1.82) is 0 Å². The van der Waals surface area contributed by atoms with E-state index in [2.05, 4.69) is 20.7 Å². The van der Waals surface area contributed by atoms with Crippen LogP contribution in [0.15, 0.2) is 66.3 Å². The summed E-state index contributed by atoms with van der Waals surface area (Å²) in [5.41, 5.74) is 2.77. The summed E-state index contributed by atoms with van der Waals surface area (Å²) < 4.78 is 3.44. The smallest absolute Gasteiger partial charge is 0.257 e. The maximum Gasteiger partial charge on any atom is 0.257 e. The molecule has 0 atom stereocenters. The number of benzene rings is 1. The van der Waals surface area contributed by atoms with Crippen molar-refractivity contribution in [3.05, 3.63) is 71.9 Å². The summed E-state index contributed by atoms with van der Waals surface area (Å²) in [6.07, 6.45) is 3.37. The van der Waals surface area contributed by atoms with Crippen LogP contribution in [-0.2, 0) is 0 Å². The van der Waals surface area contributed by atoms with Gasteiger partial charge in [-0.3, -0.25) is 4.79 Å². The molecule has 1 N–H and O–H groups in total. The van der Waals surface area contributed by atoms with E-state index < -0.39 is 0 Å². The number of pyridine rings is 1. The number of carbonyl (C=O) groups excluding carboxylic acids is 1. The lowest BCUT2D eigenvalue weighted by molar-refractivity contribution is 0.102. The van der Waals surface area contributed by atoms with E-state index in [1.807, 2.05) is 66.4 Å². The predicted octanol–water partition coefficient (Wildman–Crippen LogP) is 4.57. The first-order valence-corrected chi connectivity index (χ1v) is 10.7. The number of carbonyl (C=O) groups is 1. The van der Waals surface area contributed by atoms with Crippen molar-refractivity contribution >= 4 is 34.1 Å². The second-order valence-electron chi connectivity index (χ2n) is 7.29. The molecule has 9 heteroatoms. The summed E-state index contributed by atoms with van der Waals surface area (Å²) in [5, 5.41) is 18.2. The van der Waals surface area contributed by atoms with Crippen molar-refractivity contribution in [2.24, 2.45) is 0 Å². The zero-order valence-electron chi connectivity index (χ0n) is 16.9. The molecule has 1 amide bonds. The Bertz CT molecular complexity index is 1350. The highest BCUT2D eigenvalue weighted by Crippen LogP contribution is 2.29. The van der Waals surface area contributed by atoms with Crippen LogP contribution in [-0.4, -0.2) is 35.7 Å². The molecule has 0 bridgehead atoms. The van der Waals surface area contributed by atoms with E-state index in [1.165, 1.54) is 0 Å². The van der Waals surface area contributed by atoms with Gasteiger partial charge in [0, 0.05) is 6.04 Å². The van der Waals surface area contributed by atoms with Gasteiger partial charge in [-0.25, -0.2) is 14.3 Å². The van der Waals surface area contributed by atoms with Crippen LogP contribution < -0.4 is 5.32 Å². The van der Waals surface area contributed by atoms with E-state index in [-0.39, 0.29) is 11.9 Å². The third kappa shape index (κ3) is 3.59. The van der Waals surface area contributed by atoms with Crippen LogP contribution in [0, 0.1) is 0 Å². The summed E-state index contributed by atoms with van der Waals surface area (Å²) in [6, 6.07) is 15.5. The number of amides is 1. The minimum atomic E-state index is -0.284. The van der Waals surface area contributed by atoms with Crippen molar-refractivity contribution in [3.8, 4) is 16.3 Å². The average molecular weight is 430 g/mol. The van der Waals surface area contributed by atoms with Crippen LogP contribution >= 0.6 is 11.3 Å². The third-order valence-corrected chi connectivity index (χ3v) is 5.72. The van der Waals surface area contributed by atoms with Gasteiger partial charge in [-0.05, 0) is 43.5 Å². The van der Waals surface area contributed by atoms with Gasteiger partial charge < -0.3 is 5.32 Å². The molecule has 0 fully saturated rings. The highest BCUT2D eigenvalue weighted by atomic mass is 32.1. The molecule has 8 nitrogen and oxygen atoms in total. The van der Waals surface area contributed by atoms with Crippen molar-refractivity contribution < 1.29 is 4.79 Å². The van der Waals surface area contributed by atoms with Gasteiger partial charge in [0.2, 0.25) is 0 Å². The number of nitrogens with zero attached hydrogens (tertiary/aromatic N) is 6. The van der Waals surface area contributed by atoms with E-state index in [0.717, 1.165) is 16.3 Å². The van der Waals surface area contributed by atoms with E-state index in [9.17, 15) is 4.79 Å². The van der Waals surface area contributed by atoms with Crippen LogP contribution in [0.25, 0.3) is 27.3 Å². The zero-order valence-corrected chi connectivity index (χ0v) is 17.7. The maximum atomic E-state index is 13.2. The standard InChI is InChI=1S/C22H19N7OS/c1-14(2)29-21-17(12-23-29)16(11-18(24-21)19-9-6-10-31-19)22(30)25-20-13-28(27-26-20)15-7-4-3-5-8-15/h3-14H,1-2H3,(H,25,30). The molecule has 0 saturated heterocycles. The van der Waals surface area contributed by atoms with Gasteiger partial charge in [0.15, 0.2) is 11.5 Å². The molecule has 1 aromatic carbocycles. The van der Waals surface area contributed by atoms with Gasteiger partial charge in [0.25, 0.3) is 5.91 Å². The Kier molecular flexibility index (Phi) is 4.79. The molecule has 5 aromatic rings. The fourth-order valence-electron chi connectivity index (χ4n) is 3.35. The summed E-state index contributed by atoms with van der Waals surface area (Å²) in [7, 11) is 0. The Morgan fingerprint density at radius 3 is 2.71 bits per heavy atom. The molecule has 0 spiro atoms. The van der Waals surface area contributed by atoms with Crippen molar-refractivity contribution in [1.82, 2.24) is 29.8 Å². The first-order valence-electron chi connectivity index (χ1n) is 9.81. The number of hydrogen-bond acceptors (Lipinski definition) is 6. The fraction of sp³-hybridized carbons (Fsp3) is 0.136. The fourth-order valence-corrected chi connectivity index (χ4v) is 4.03. The Morgan fingerprint density at radius 1 is 1.13 bits per heavy atom. The predicted molar refractivity (Wildman–Crippen MR) is 121 cm³/mol. The highest BCUT2D eigenvalue weighted by molar-refractivity contribution is 7.13. The number of rotatable bonds is 5. The number of aromatic nitrogens is 6. The number of thiophene rings is 1. The van der Waals surface area contributed by atoms with Gasteiger partial charge in [0.05, 0.1) is 39.6 Å². The topological polar surface area (TPSA) is 90.5 Å². The summed E-state index contributed by atoms with van der Waals surface area (Å²) >= 11 is 1.58.